The van der Waals surface area contributed by atoms with E-state index in [4.69, 9.17) is 4.74 Å². The number of benzene rings is 1. The highest BCUT2D eigenvalue weighted by Crippen LogP contribution is 2.29. The van der Waals surface area contributed by atoms with E-state index in [2.05, 4.69) is 25.7 Å². The lowest BCUT2D eigenvalue weighted by molar-refractivity contribution is 0.121. The third kappa shape index (κ3) is 2.66. The highest BCUT2D eigenvalue weighted by atomic mass is 19.1. The van der Waals surface area contributed by atoms with Crippen LogP contribution in [0.4, 0.5) is 10.1 Å². The van der Waals surface area contributed by atoms with Crippen molar-refractivity contribution in [1.82, 2.24) is 0 Å². The van der Waals surface area contributed by atoms with Crippen molar-refractivity contribution in [3.8, 4) is 0 Å². The van der Waals surface area contributed by atoms with Crippen LogP contribution in [-0.2, 0) is 10.2 Å². The molecule has 1 aliphatic rings. The summed E-state index contributed by atoms with van der Waals surface area (Å²) in [6, 6.07) is 5.59. The molecule has 3 heteroatoms. The van der Waals surface area contributed by atoms with Crippen LogP contribution in [0.1, 0.15) is 32.8 Å². The first-order chi connectivity index (χ1) is 8.41. The first kappa shape index (κ1) is 13.3. The number of anilines is 1. The van der Waals surface area contributed by atoms with Crippen LogP contribution in [0.15, 0.2) is 18.2 Å². The minimum atomic E-state index is -0.126. The predicted octanol–water partition coefficient (Wildman–Crippen LogP) is 3.35. The maximum Gasteiger partial charge on any atom is 0.146 e. The van der Waals surface area contributed by atoms with Crippen molar-refractivity contribution in [3.63, 3.8) is 0 Å². The van der Waals surface area contributed by atoms with Gasteiger partial charge in [0.25, 0.3) is 0 Å². The molecule has 1 saturated heterocycles. The quantitative estimate of drug-likeness (QED) is 0.799. The fourth-order valence-corrected chi connectivity index (χ4v) is 2.37. The van der Waals surface area contributed by atoms with E-state index in [1.165, 1.54) is 0 Å². The summed E-state index contributed by atoms with van der Waals surface area (Å²) < 4.78 is 19.5. The number of halogens is 1. The van der Waals surface area contributed by atoms with Crippen LogP contribution in [0.25, 0.3) is 0 Å². The molecule has 0 saturated carbocycles. The van der Waals surface area contributed by atoms with E-state index in [0.29, 0.717) is 5.69 Å². The Morgan fingerprint density at radius 1 is 1.33 bits per heavy atom. The van der Waals surface area contributed by atoms with Crippen molar-refractivity contribution in [3.05, 3.63) is 29.6 Å². The largest absolute Gasteiger partial charge is 0.380 e. The Morgan fingerprint density at radius 3 is 2.56 bits per heavy atom. The van der Waals surface area contributed by atoms with E-state index in [1.54, 1.807) is 13.2 Å². The topological polar surface area (TPSA) is 12.5 Å². The summed E-state index contributed by atoms with van der Waals surface area (Å²) in [6.45, 7) is 7.93. The Bertz CT molecular complexity index is 425. The van der Waals surface area contributed by atoms with Crippen molar-refractivity contribution in [2.24, 2.45) is 0 Å². The SMILES string of the molecule is COC1CCN(c2ccc(C(C)(C)C)cc2F)C1. The molecular weight excluding hydrogens is 229 g/mol. The van der Waals surface area contributed by atoms with Gasteiger partial charge in [-0.2, -0.15) is 0 Å². The van der Waals surface area contributed by atoms with Crippen LogP contribution in [0.3, 0.4) is 0 Å². The van der Waals surface area contributed by atoms with Crippen molar-refractivity contribution in [2.75, 3.05) is 25.1 Å². The molecule has 1 heterocycles. The third-order valence-corrected chi connectivity index (χ3v) is 3.63. The minimum absolute atomic E-state index is 0.0144. The number of ether oxygens (including phenoxy) is 1. The molecule has 100 valence electrons. The third-order valence-electron chi connectivity index (χ3n) is 3.63. The van der Waals surface area contributed by atoms with Crippen molar-refractivity contribution in [2.45, 2.75) is 38.7 Å². The number of hydrogen-bond donors (Lipinski definition) is 0. The molecule has 1 unspecified atom stereocenters. The molecular formula is C15H22FNO. The highest BCUT2D eigenvalue weighted by Gasteiger charge is 2.25. The van der Waals surface area contributed by atoms with Crippen LogP contribution in [0.5, 0.6) is 0 Å². The molecule has 2 nitrogen and oxygen atoms in total. The van der Waals surface area contributed by atoms with Gasteiger partial charge in [0.2, 0.25) is 0 Å². The van der Waals surface area contributed by atoms with Crippen LogP contribution in [0.2, 0.25) is 0 Å². The van der Waals surface area contributed by atoms with Crippen LogP contribution in [0, 0.1) is 5.82 Å². The molecule has 0 N–H and O–H groups in total. The molecule has 0 aliphatic carbocycles. The average Bonchev–Trinajstić information content (AvgIpc) is 2.76. The number of nitrogens with zero attached hydrogens (tertiary/aromatic N) is 1. The molecule has 18 heavy (non-hydrogen) atoms. The lowest BCUT2D eigenvalue weighted by Crippen LogP contribution is -2.23. The standard InChI is InChI=1S/C15H22FNO/c1-15(2,3)11-5-6-14(13(16)9-11)17-8-7-12(10-17)18-4/h5-6,9,12H,7-8,10H2,1-4H3. The lowest BCUT2D eigenvalue weighted by Gasteiger charge is -2.23. The Hall–Kier alpha value is -1.09. The van der Waals surface area contributed by atoms with Crippen molar-refractivity contribution in [1.29, 1.82) is 0 Å². The molecule has 1 aromatic carbocycles. The Kier molecular flexibility index (Phi) is 3.62. The zero-order valence-electron chi connectivity index (χ0n) is 11.7. The van der Waals surface area contributed by atoms with E-state index in [-0.39, 0.29) is 17.3 Å². The Morgan fingerprint density at radius 2 is 2.06 bits per heavy atom. The summed E-state index contributed by atoms with van der Waals surface area (Å²) in [6.07, 6.45) is 1.20. The fourth-order valence-electron chi connectivity index (χ4n) is 2.37. The van der Waals surface area contributed by atoms with Crippen LogP contribution >= 0.6 is 0 Å². The fraction of sp³-hybridized carbons (Fsp3) is 0.600. The summed E-state index contributed by atoms with van der Waals surface area (Å²) in [5.41, 5.74) is 1.72. The maximum atomic E-state index is 14.2. The van der Waals surface area contributed by atoms with Crippen LogP contribution < -0.4 is 4.90 Å². The average molecular weight is 251 g/mol. The second kappa shape index (κ2) is 4.88. The zero-order chi connectivity index (χ0) is 13.3. The second-order valence-corrected chi connectivity index (χ2v) is 6.01. The first-order valence-electron chi connectivity index (χ1n) is 6.49. The molecule has 1 fully saturated rings. The van der Waals surface area contributed by atoms with Gasteiger partial charge in [0, 0.05) is 20.2 Å². The molecule has 0 bridgehead atoms. The summed E-state index contributed by atoms with van der Waals surface area (Å²) in [5, 5.41) is 0. The molecule has 1 atom stereocenters. The molecule has 0 amide bonds. The van der Waals surface area contributed by atoms with E-state index in [0.717, 1.165) is 25.1 Å². The van der Waals surface area contributed by atoms with Gasteiger partial charge in [-0.05, 0) is 29.5 Å². The van der Waals surface area contributed by atoms with E-state index < -0.39 is 0 Å². The van der Waals surface area contributed by atoms with Gasteiger partial charge >= 0.3 is 0 Å². The Labute approximate surface area is 109 Å². The van der Waals surface area contributed by atoms with Gasteiger partial charge in [0.1, 0.15) is 5.82 Å². The molecule has 1 aliphatic heterocycles. The van der Waals surface area contributed by atoms with Gasteiger partial charge in [0.15, 0.2) is 0 Å². The summed E-state index contributed by atoms with van der Waals surface area (Å²) in [4.78, 5) is 2.07. The lowest BCUT2D eigenvalue weighted by atomic mass is 9.87. The zero-order valence-corrected chi connectivity index (χ0v) is 11.7. The number of hydrogen-bond acceptors (Lipinski definition) is 2. The highest BCUT2D eigenvalue weighted by molar-refractivity contribution is 5.51. The molecule has 0 spiro atoms. The van der Waals surface area contributed by atoms with Gasteiger partial charge in [-0.15, -0.1) is 0 Å². The molecule has 2 rings (SSSR count). The normalized spacial score (nSPS) is 20.5. The predicted molar refractivity (Wildman–Crippen MR) is 72.7 cm³/mol. The summed E-state index contributed by atoms with van der Waals surface area (Å²) >= 11 is 0. The second-order valence-electron chi connectivity index (χ2n) is 6.01. The molecule has 1 aromatic rings. The van der Waals surface area contributed by atoms with Gasteiger partial charge in [-0.1, -0.05) is 26.8 Å². The van der Waals surface area contributed by atoms with Gasteiger partial charge in [0.05, 0.1) is 11.8 Å². The van der Waals surface area contributed by atoms with Crippen LogP contribution in [-0.4, -0.2) is 26.3 Å². The number of methoxy groups -OCH3 is 1. The van der Waals surface area contributed by atoms with Gasteiger partial charge in [-0.3, -0.25) is 0 Å². The molecule has 0 aromatic heterocycles. The van der Waals surface area contributed by atoms with Crippen molar-refractivity contribution >= 4 is 5.69 Å². The van der Waals surface area contributed by atoms with E-state index in [9.17, 15) is 4.39 Å². The Balaban J connectivity index is 2.21. The monoisotopic (exact) mass is 251 g/mol. The molecule has 0 radical (unpaired) electrons. The maximum absolute atomic E-state index is 14.2. The van der Waals surface area contributed by atoms with Gasteiger partial charge in [-0.25, -0.2) is 4.39 Å². The van der Waals surface area contributed by atoms with Gasteiger partial charge < -0.3 is 9.64 Å². The summed E-state index contributed by atoms with van der Waals surface area (Å²) in [5.74, 6) is -0.126. The van der Waals surface area contributed by atoms with E-state index in [1.807, 2.05) is 12.1 Å². The minimum Gasteiger partial charge on any atom is -0.380 e. The number of rotatable bonds is 2. The van der Waals surface area contributed by atoms with Crippen molar-refractivity contribution < 1.29 is 9.13 Å². The smallest absolute Gasteiger partial charge is 0.146 e. The van der Waals surface area contributed by atoms with E-state index >= 15 is 0 Å². The first-order valence-corrected chi connectivity index (χ1v) is 6.49. The summed E-state index contributed by atoms with van der Waals surface area (Å²) in [7, 11) is 1.72.